The number of pyridine rings is 1. The second kappa shape index (κ2) is 7.64. The summed E-state index contributed by atoms with van der Waals surface area (Å²) in [6.07, 6.45) is 0.964. The molecule has 0 aliphatic heterocycles. The number of benzene rings is 1. The Morgan fingerprint density at radius 3 is 2.43 bits per heavy atom. The second-order valence-corrected chi connectivity index (χ2v) is 5.93. The molecular weight excluding hydrogens is 288 g/mol. The number of hydrogen-bond donors (Lipinski definition) is 0. The highest BCUT2D eigenvalue weighted by Crippen LogP contribution is 2.22. The maximum Gasteiger partial charge on any atom is 0.268 e. The van der Waals surface area contributed by atoms with Crippen molar-refractivity contribution in [2.45, 2.75) is 33.7 Å². The molecule has 1 aromatic carbocycles. The molecule has 0 spiro atoms. The van der Waals surface area contributed by atoms with Crippen LogP contribution in [0.5, 0.6) is 5.75 Å². The molecule has 0 bridgehead atoms. The number of hydrogen-bond acceptors (Lipinski definition) is 3. The van der Waals surface area contributed by atoms with E-state index in [1.54, 1.807) is 10.6 Å². The zero-order chi connectivity index (χ0) is 16.8. The zero-order valence-corrected chi connectivity index (χ0v) is 13.9. The van der Waals surface area contributed by atoms with Gasteiger partial charge < -0.3 is 9.30 Å². The Labute approximate surface area is 137 Å². The van der Waals surface area contributed by atoms with Gasteiger partial charge in [0, 0.05) is 6.54 Å². The van der Waals surface area contributed by atoms with Gasteiger partial charge in [-0.2, -0.15) is 5.26 Å². The van der Waals surface area contributed by atoms with Crippen molar-refractivity contribution < 1.29 is 4.74 Å². The van der Waals surface area contributed by atoms with Crippen LogP contribution in [0.15, 0.2) is 41.2 Å². The van der Waals surface area contributed by atoms with E-state index in [4.69, 9.17) is 10.00 Å². The highest BCUT2D eigenvalue weighted by Gasteiger charge is 2.11. The summed E-state index contributed by atoms with van der Waals surface area (Å²) in [5, 5.41) is 9.08. The van der Waals surface area contributed by atoms with Crippen LogP contribution in [0.1, 0.15) is 32.8 Å². The fourth-order valence-electron chi connectivity index (χ4n) is 2.40. The lowest BCUT2D eigenvalue weighted by atomic mass is 10.1. The molecule has 0 saturated carbocycles. The standard InChI is InChI=1S/C19H22N2O2/c1-4-11-23-17-8-5-15(6-9-17)18-10-7-16(12-20)19(22)21(18)13-14(2)3/h5-10,14H,4,11,13H2,1-3H3. The molecule has 4 heteroatoms. The first-order chi connectivity index (χ1) is 11.1. The van der Waals surface area contributed by atoms with Gasteiger partial charge in [0.05, 0.1) is 12.3 Å². The van der Waals surface area contributed by atoms with Crippen molar-refractivity contribution in [2.75, 3.05) is 6.61 Å². The van der Waals surface area contributed by atoms with E-state index >= 15 is 0 Å². The van der Waals surface area contributed by atoms with Crippen LogP contribution in [0.3, 0.4) is 0 Å². The first-order valence-corrected chi connectivity index (χ1v) is 7.94. The molecule has 0 N–H and O–H groups in total. The second-order valence-electron chi connectivity index (χ2n) is 5.93. The van der Waals surface area contributed by atoms with Gasteiger partial charge in [0.15, 0.2) is 0 Å². The highest BCUT2D eigenvalue weighted by molar-refractivity contribution is 5.61. The molecule has 0 radical (unpaired) electrons. The van der Waals surface area contributed by atoms with Crippen molar-refractivity contribution in [1.29, 1.82) is 5.26 Å². The Morgan fingerprint density at radius 2 is 1.87 bits per heavy atom. The van der Waals surface area contributed by atoms with Gasteiger partial charge in [-0.15, -0.1) is 0 Å². The van der Waals surface area contributed by atoms with Gasteiger partial charge in [-0.25, -0.2) is 0 Å². The Kier molecular flexibility index (Phi) is 5.59. The van der Waals surface area contributed by atoms with Gasteiger partial charge in [-0.05, 0) is 54.3 Å². The van der Waals surface area contributed by atoms with Crippen LogP contribution in [0.2, 0.25) is 0 Å². The van der Waals surface area contributed by atoms with Crippen molar-refractivity contribution in [3.05, 3.63) is 52.3 Å². The van der Waals surface area contributed by atoms with E-state index in [0.717, 1.165) is 23.4 Å². The lowest BCUT2D eigenvalue weighted by Crippen LogP contribution is -2.26. The molecule has 23 heavy (non-hydrogen) atoms. The molecular formula is C19H22N2O2. The molecule has 0 amide bonds. The summed E-state index contributed by atoms with van der Waals surface area (Å²) in [6.45, 7) is 7.44. The molecule has 0 aliphatic rings. The van der Waals surface area contributed by atoms with E-state index in [-0.39, 0.29) is 11.1 Å². The van der Waals surface area contributed by atoms with E-state index in [9.17, 15) is 4.79 Å². The van der Waals surface area contributed by atoms with E-state index < -0.39 is 0 Å². The van der Waals surface area contributed by atoms with E-state index in [1.807, 2.05) is 36.4 Å². The molecule has 0 saturated heterocycles. The quantitative estimate of drug-likeness (QED) is 0.814. The van der Waals surface area contributed by atoms with Crippen molar-refractivity contribution in [1.82, 2.24) is 4.57 Å². The summed E-state index contributed by atoms with van der Waals surface area (Å²) in [5.41, 5.74) is 1.71. The number of aromatic nitrogens is 1. The van der Waals surface area contributed by atoms with Crippen LogP contribution in [0.4, 0.5) is 0 Å². The maximum absolute atomic E-state index is 12.5. The number of rotatable bonds is 6. The molecule has 0 atom stereocenters. The van der Waals surface area contributed by atoms with E-state index in [2.05, 4.69) is 20.8 Å². The van der Waals surface area contributed by atoms with Crippen LogP contribution in [-0.2, 0) is 6.54 Å². The molecule has 1 heterocycles. The Morgan fingerprint density at radius 1 is 1.17 bits per heavy atom. The summed E-state index contributed by atoms with van der Waals surface area (Å²) in [6, 6.07) is 13.1. The predicted molar refractivity (Wildman–Crippen MR) is 91.5 cm³/mol. The average molecular weight is 310 g/mol. The highest BCUT2D eigenvalue weighted by atomic mass is 16.5. The molecule has 120 valence electrons. The number of ether oxygens (including phenoxy) is 1. The smallest absolute Gasteiger partial charge is 0.268 e. The van der Waals surface area contributed by atoms with Crippen molar-refractivity contribution >= 4 is 0 Å². The van der Waals surface area contributed by atoms with Gasteiger partial charge in [-0.3, -0.25) is 4.79 Å². The monoisotopic (exact) mass is 310 g/mol. The topological polar surface area (TPSA) is 55.0 Å². The lowest BCUT2D eigenvalue weighted by Gasteiger charge is -2.16. The minimum atomic E-state index is -0.231. The Hall–Kier alpha value is -2.54. The molecule has 1 aromatic heterocycles. The fourth-order valence-corrected chi connectivity index (χ4v) is 2.40. The van der Waals surface area contributed by atoms with Gasteiger partial charge in [0.25, 0.3) is 5.56 Å². The largest absolute Gasteiger partial charge is 0.494 e. The average Bonchev–Trinajstić information content (AvgIpc) is 2.55. The minimum absolute atomic E-state index is 0.178. The number of nitriles is 1. The minimum Gasteiger partial charge on any atom is -0.494 e. The van der Waals surface area contributed by atoms with Gasteiger partial charge in [0.2, 0.25) is 0 Å². The van der Waals surface area contributed by atoms with Crippen LogP contribution in [-0.4, -0.2) is 11.2 Å². The maximum atomic E-state index is 12.5. The first kappa shape index (κ1) is 16.8. The number of nitrogens with zero attached hydrogens (tertiary/aromatic N) is 2. The van der Waals surface area contributed by atoms with Crippen LogP contribution in [0.25, 0.3) is 11.3 Å². The SMILES string of the molecule is CCCOc1ccc(-c2ccc(C#N)c(=O)n2CC(C)C)cc1. The van der Waals surface area contributed by atoms with Gasteiger partial charge in [0.1, 0.15) is 17.4 Å². The third-order valence-corrected chi connectivity index (χ3v) is 3.47. The molecule has 4 nitrogen and oxygen atoms in total. The van der Waals surface area contributed by atoms with Crippen molar-refractivity contribution in [3.63, 3.8) is 0 Å². The fraction of sp³-hybridized carbons (Fsp3) is 0.368. The van der Waals surface area contributed by atoms with E-state index in [1.165, 1.54) is 0 Å². The molecule has 2 rings (SSSR count). The molecule has 0 fully saturated rings. The lowest BCUT2D eigenvalue weighted by molar-refractivity contribution is 0.317. The third-order valence-electron chi connectivity index (χ3n) is 3.47. The van der Waals surface area contributed by atoms with Gasteiger partial charge >= 0.3 is 0 Å². The summed E-state index contributed by atoms with van der Waals surface area (Å²) in [5.74, 6) is 1.13. The summed E-state index contributed by atoms with van der Waals surface area (Å²) >= 11 is 0. The van der Waals surface area contributed by atoms with Crippen molar-refractivity contribution in [2.24, 2.45) is 5.92 Å². The van der Waals surface area contributed by atoms with Gasteiger partial charge in [-0.1, -0.05) is 20.8 Å². The Balaban J connectivity index is 2.44. The van der Waals surface area contributed by atoms with Crippen LogP contribution < -0.4 is 10.3 Å². The molecule has 0 aliphatic carbocycles. The normalized spacial score (nSPS) is 10.6. The zero-order valence-electron chi connectivity index (χ0n) is 13.9. The summed E-state index contributed by atoms with van der Waals surface area (Å²) in [7, 11) is 0. The third kappa shape index (κ3) is 4.01. The molecule has 0 unspecified atom stereocenters. The van der Waals surface area contributed by atoms with Crippen molar-refractivity contribution in [3.8, 4) is 23.1 Å². The first-order valence-electron chi connectivity index (χ1n) is 7.94. The van der Waals surface area contributed by atoms with Crippen LogP contribution in [0, 0.1) is 17.2 Å². The van der Waals surface area contributed by atoms with E-state index in [0.29, 0.717) is 19.1 Å². The summed E-state index contributed by atoms with van der Waals surface area (Å²) in [4.78, 5) is 12.5. The predicted octanol–water partition coefficient (Wildman–Crippen LogP) is 3.83. The van der Waals surface area contributed by atoms with Crippen LogP contribution >= 0.6 is 0 Å². The molecule has 2 aromatic rings. The summed E-state index contributed by atoms with van der Waals surface area (Å²) < 4.78 is 7.28. The Bertz CT molecular complexity index is 752.